The average Bonchev–Trinajstić information content (AvgIpc) is 2.79. The van der Waals surface area contributed by atoms with Crippen LogP contribution < -0.4 is 5.69 Å². The van der Waals surface area contributed by atoms with Crippen LogP contribution in [0.1, 0.15) is 16.5 Å². The van der Waals surface area contributed by atoms with Gasteiger partial charge in [0.2, 0.25) is 0 Å². The van der Waals surface area contributed by atoms with Gasteiger partial charge in [-0.3, -0.25) is 0 Å². The van der Waals surface area contributed by atoms with Crippen molar-refractivity contribution in [1.29, 1.82) is 0 Å². The molecule has 0 spiro atoms. The van der Waals surface area contributed by atoms with Crippen LogP contribution in [0.2, 0.25) is 5.02 Å². The van der Waals surface area contributed by atoms with E-state index in [1.807, 2.05) is 24.3 Å². The highest BCUT2D eigenvalue weighted by atomic mass is 79.9. The van der Waals surface area contributed by atoms with Gasteiger partial charge in [-0.1, -0.05) is 43.5 Å². The Balaban J connectivity index is 2.16. The van der Waals surface area contributed by atoms with E-state index in [2.05, 4.69) is 41.8 Å². The SMILES string of the molecule is O=c1[nH]c2cc(Br)c(C(Cl)c3cc(Cl)ccc3Br)cc2[nH]1. The van der Waals surface area contributed by atoms with Gasteiger partial charge in [0.05, 0.1) is 16.4 Å². The molecule has 21 heavy (non-hydrogen) atoms. The van der Waals surface area contributed by atoms with Crippen molar-refractivity contribution in [2.75, 3.05) is 0 Å². The van der Waals surface area contributed by atoms with Gasteiger partial charge >= 0.3 is 5.69 Å². The van der Waals surface area contributed by atoms with E-state index in [-0.39, 0.29) is 5.69 Å². The normalized spacial score (nSPS) is 12.8. The largest absolute Gasteiger partial charge is 0.323 e. The van der Waals surface area contributed by atoms with E-state index in [0.717, 1.165) is 25.6 Å². The average molecular weight is 451 g/mol. The summed E-state index contributed by atoms with van der Waals surface area (Å²) in [6.45, 7) is 0. The Morgan fingerprint density at radius 1 is 0.952 bits per heavy atom. The lowest BCUT2D eigenvalue weighted by Gasteiger charge is -2.14. The maximum Gasteiger partial charge on any atom is 0.323 e. The first-order chi connectivity index (χ1) is 9.95. The van der Waals surface area contributed by atoms with Crippen molar-refractivity contribution in [2.45, 2.75) is 5.38 Å². The van der Waals surface area contributed by atoms with Crippen LogP contribution in [0.4, 0.5) is 0 Å². The Kier molecular flexibility index (Phi) is 4.19. The summed E-state index contributed by atoms with van der Waals surface area (Å²) in [5.41, 5.74) is 2.90. The first-order valence-electron chi connectivity index (χ1n) is 5.96. The van der Waals surface area contributed by atoms with Crippen molar-refractivity contribution in [2.24, 2.45) is 0 Å². The van der Waals surface area contributed by atoms with E-state index >= 15 is 0 Å². The minimum Gasteiger partial charge on any atom is -0.306 e. The molecule has 2 N–H and O–H groups in total. The number of halogens is 4. The Bertz CT molecular complexity index is 888. The number of aromatic amines is 2. The second-order valence-corrected chi connectivity index (χ2v) is 7.11. The molecule has 0 amide bonds. The van der Waals surface area contributed by atoms with Crippen molar-refractivity contribution in [3.8, 4) is 0 Å². The van der Waals surface area contributed by atoms with Crippen LogP contribution in [0.5, 0.6) is 0 Å². The monoisotopic (exact) mass is 448 g/mol. The van der Waals surface area contributed by atoms with Crippen molar-refractivity contribution < 1.29 is 0 Å². The molecule has 7 heteroatoms. The highest BCUT2D eigenvalue weighted by Gasteiger charge is 2.18. The first-order valence-corrected chi connectivity index (χ1v) is 8.36. The number of fused-ring (bicyclic) bond motifs is 1. The zero-order valence-electron chi connectivity index (χ0n) is 10.4. The van der Waals surface area contributed by atoms with E-state index in [1.165, 1.54) is 0 Å². The molecule has 3 aromatic rings. The second-order valence-electron chi connectivity index (χ2n) is 4.53. The van der Waals surface area contributed by atoms with Crippen LogP contribution in [0.15, 0.2) is 44.1 Å². The summed E-state index contributed by atoms with van der Waals surface area (Å²) in [5, 5.41) is 0.210. The Hall–Kier alpha value is -0.750. The van der Waals surface area contributed by atoms with E-state index in [0.29, 0.717) is 10.5 Å². The smallest absolute Gasteiger partial charge is 0.306 e. The fourth-order valence-electron chi connectivity index (χ4n) is 2.14. The number of hydrogen-bond donors (Lipinski definition) is 2. The summed E-state index contributed by atoms with van der Waals surface area (Å²) < 4.78 is 1.69. The van der Waals surface area contributed by atoms with Crippen molar-refractivity contribution >= 4 is 66.1 Å². The third kappa shape index (κ3) is 2.93. The predicted octanol–water partition coefficient (Wildman–Crippen LogP) is 5.36. The van der Waals surface area contributed by atoms with Crippen LogP contribution >= 0.6 is 55.1 Å². The minimum atomic E-state index is -0.407. The summed E-state index contributed by atoms with van der Waals surface area (Å²) in [7, 11) is 0. The molecule has 1 atom stereocenters. The van der Waals surface area contributed by atoms with Crippen molar-refractivity contribution in [1.82, 2.24) is 9.97 Å². The van der Waals surface area contributed by atoms with Gasteiger partial charge in [0.1, 0.15) is 0 Å². The standard InChI is InChI=1S/C14H8Br2Cl2N2O/c15-9-2-1-6(17)3-7(9)13(18)8-4-11-12(5-10(8)16)20-14(21)19-11/h1-5,13H,(H2,19,20,21). The van der Waals surface area contributed by atoms with Crippen LogP contribution in [0.3, 0.4) is 0 Å². The van der Waals surface area contributed by atoms with Gasteiger partial charge < -0.3 is 9.97 Å². The highest BCUT2D eigenvalue weighted by molar-refractivity contribution is 9.10. The molecular weight excluding hydrogens is 443 g/mol. The quantitative estimate of drug-likeness (QED) is 0.507. The molecule has 3 nitrogen and oxygen atoms in total. The van der Waals surface area contributed by atoms with Crippen molar-refractivity contribution in [3.63, 3.8) is 0 Å². The molecule has 0 saturated heterocycles. The number of rotatable bonds is 2. The molecule has 108 valence electrons. The van der Waals surface area contributed by atoms with Gasteiger partial charge in [0.15, 0.2) is 0 Å². The van der Waals surface area contributed by atoms with Crippen LogP contribution in [0.25, 0.3) is 11.0 Å². The highest BCUT2D eigenvalue weighted by Crippen LogP contribution is 2.39. The lowest BCUT2D eigenvalue weighted by Crippen LogP contribution is -1.99. The molecule has 1 unspecified atom stereocenters. The van der Waals surface area contributed by atoms with E-state index in [9.17, 15) is 4.79 Å². The lowest BCUT2D eigenvalue weighted by atomic mass is 10.0. The van der Waals surface area contributed by atoms with Crippen LogP contribution in [-0.2, 0) is 0 Å². The third-order valence-corrected chi connectivity index (χ3v) is 5.25. The second kappa shape index (κ2) is 5.80. The molecule has 0 radical (unpaired) electrons. The molecule has 1 aromatic heterocycles. The Morgan fingerprint density at radius 2 is 1.57 bits per heavy atom. The number of imidazole rings is 1. The van der Waals surface area contributed by atoms with Gasteiger partial charge in [-0.15, -0.1) is 11.6 Å². The molecule has 0 aliphatic carbocycles. The molecule has 0 bridgehead atoms. The molecule has 0 aliphatic heterocycles. The minimum absolute atomic E-state index is 0.246. The molecule has 0 aliphatic rings. The molecule has 3 rings (SSSR count). The van der Waals surface area contributed by atoms with E-state index in [4.69, 9.17) is 23.2 Å². The van der Waals surface area contributed by atoms with Crippen LogP contribution in [0, 0.1) is 0 Å². The van der Waals surface area contributed by atoms with E-state index in [1.54, 1.807) is 6.07 Å². The Morgan fingerprint density at radius 3 is 2.29 bits per heavy atom. The summed E-state index contributed by atoms with van der Waals surface area (Å²) >= 11 is 19.6. The van der Waals surface area contributed by atoms with E-state index < -0.39 is 5.38 Å². The summed E-state index contributed by atoms with van der Waals surface area (Å²) in [4.78, 5) is 16.8. The molecule has 0 saturated carbocycles. The summed E-state index contributed by atoms with van der Waals surface area (Å²) in [6.07, 6.45) is 0. The van der Waals surface area contributed by atoms with Gasteiger partial charge in [-0.05, 0) is 41.5 Å². The van der Waals surface area contributed by atoms with Crippen molar-refractivity contribution in [3.05, 3.63) is 65.9 Å². The van der Waals surface area contributed by atoms with Crippen LogP contribution in [-0.4, -0.2) is 9.97 Å². The number of nitrogens with one attached hydrogen (secondary N) is 2. The predicted molar refractivity (Wildman–Crippen MR) is 93.5 cm³/mol. The zero-order chi connectivity index (χ0) is 15.1. The van der Waals surface area contributed by atoms with Gasteiger partial charge in [0, 0.05) is 14.0 Å². The summed E-state index contributed by atoms with van der Waals surface area (Å²) in [5.74, 6) is 0. The lowest BCUT2D eigenvalue weighted by molar-refractivity contribution is 1.12. The Labute approximate surface area is 146 Å². The van der Waals surface area contributed by atoms with Gasteiger partial charge in [-0.25, -0.2) is 4.79 Å². The number of aromatic nitrogens is 2. The maximum atomic E-state index is 11.4. The first kappa shape index (κ1) is 15.2. The molecule has 1 heterocycles. The third-order valence-electron chi connectivity index (χ3n) is 3.14. The molecular formula is C14H8Br2Cl2N2O. The molecule has 2 aromatic carbocycles. The summed E-state index contributed by atoms with van der Waals surface area (Å²) in [6, 6.07) is 9.15. The number of H-pyrrole nitrogens is 2. The van der Waals surface area contributed by atoms with Gasteiger partial charge in [-0.2, -0.15) is 0 Å². The number of benzene rings is 2. The fraction of sp³-hybridized carbons (Fsp3) is 0.0714. The zero-order valence-corrected chi connectivity index (χ0v) is 15.1. The van der Waals surface area contributed by atoms with Gasteiger partial charge in [0.25, 0.3) is 0 Å². The number of alkyl halides is 1. The fourth-order valence-corrected chi connectivity index (χ4v) is 4.00. The number of hydrogen-bond acceptors (Lipinski definition) is 1. The maximum absolute atomic E-state index is 11.4. The topological polar surface area (TPSA) is 48.6 Å². The molecule has 0 fully saturated rings.